The highest BCUT2D eigenvalue weighted by Crippen LogP contribution is 2.01. The molecule has 116 valence electrons. The number of pyridine rings is 2. The van der Waals surface area contributed by atoms with Gasteiger partial charge in [0.25, 0.3) is 0 Å². The van der Waals surface area contributed by atoms with Crippen LogP contribution in [0.25, 0.3) is 0 Å². The van der Waals surface area contributed by atoms with E-state index in [1.54, 1.807) is 18.6 Å². The van der Waals surface area contributed by atoms with Crippen molar-refractivity contribution >= 4 is 6.03 Å². The van der Waals surface area contributed by atoms with Crippen molar-refractivity contribution in [1.29, 1.82) is 0 Å². The van der Waals surface area contributed by atoms with Crippen LogP contribution in [0.3, 0.4) is 0 Å². The molecule has 0 aliphatic rings. The van der Waals surface area contributed by atoms with Crippen molar-refractivity contribution in [3.05, 3.63) is 60.2 Å². The van der Waals surface area contributed by atoms with Gasteiger partial charge in [-0.05, 0) is 36.2 Å². The van der Waals surface area contributed by atoms with E-state index in [0.717, 1.165) is 30.6 Å². The third kappa shape index (κ3) is 5.16. The number of urea groups is 1. The van der Waals surface area contributed by atoms with E-state index < -0.39 is 0 Å². The molecule has 5 nitrogen and oxygen atoms in total. The quantitative estimate of drug-likeness (QED) is 0.855. The van der Waals surface area contributed by atoms with Crippen LogP contribution in [0.1, 0.15) is 24.6 Å². The maximum absolute atomic E-state index is 12.3. The Morgan fingerprint density at radius 2 is 1.95 bits per heavy atom. The number of amides is 2. The monoisotopic (exact) mass is 298 g/mol. The van der Waals surface area contributed by atoms with Crippen molar-refractivity contribution in [2.45, 2.75) is 26.3 Å². The van der Waals surface area contributed by atoms with E-state index in [1.807, 2.05) is 35.2 Å². The molecular formula is C17H22N4O. The van der Waals surface area contributed by atoms with Gasteiger partial charge in [-0.3, -0.25) is 9.97 Å². The number of rotatable bonds is 7. The lowest BCUT2D eigenvalue weighted by Crippen LogP contribution is -2.41. The lowest BCUT2D eigenvalue weighted by molar-refractivity contribution is 0.198. The standard InChI is InChI=1S/C17H22N4O/c1-2-12-21(13-8-16-5-3-4-9-19-16)17(22)20-14-15-6-10-18-11-7-15/h3-7,9-11H,2,8,12-14H2,1H3,(H,20,22). The Kier molecular flexibility index (Phi) is 6.36. The first-order valence-electron chi connectivity index (χ1n) is 7.61. The summed E-state index contributed by atoms with van der Waals surface area (Å²) >= 11 is 0. The molecule has 2 heterocycles. The van der Waals surface area contributed by atoms with Crippen LogP contribution < -0.4 is 5.32 Å². The first-order chi connectivity index (χ1) is 10.8. The SMILES string of the molecule is CCCN(CCc1ccccn1)C(=O)NCc1ccncc1. The van der Waals surface area contributed by atoms with Crippen molar-refractivity contribution < 1.29 is 4.79 Å². The molecular weight excluding hydrogens is 276 g/mol. The van der Waals surface area contributed by atoms with Crippen molar-refractivity contribution in [3.63, 3.8) is 0 Å². The molecule has 22 heavy (non-hydrogen) atoms. The van der Waals surface area contributed by atoms with Gasteiger partial charge in [0.15, 0.2) is 0 Å². The molecule has 0 atom stereocenters. The van der Waals surface area contributed by atoms with Gasteiger partial charge in [-0.15, -0.1) is 0 Å². The van der Waals surface area contributed by atoms with E-state index >= 15 is 0 Å². The smallest absolute Gasteiger partial charge is 0.317 e. The van der Waals surface area contributed by atoms with Crippen LogP contribution in [0, 0.1) is 0 Å². The Labute approximate surface area is 131 Å². The first-order valence-corrected chi connectivity index (χ1v) is 7.61. The second-order valence-corrected chi connectivity index (χ2v) is 5.07. The summed E-state index contributed by atoms with van der Waals surface area (Å²) in [4.78, 5) is 22.4. The van der Waals surface area contributed by atoms with Gasteiger partial charge in [0.05, 0.1) is 0 Å². The summed E-state index contributed by atoms with van der Waals surface area (Å²) in [5.41, 5.74) is 2.05. The number of nitrogens with zero attached hydrogens (tertiary/aromatic N) is 3. The first kappa shape index (κ1) is 15.9. The molecule has 0 unspecified atom stereocenters. The third-order valence-electron chi connectivity index (χ3n) is 3.34. The zero-order chi connectivity index (χ0) is 15.6. The predicted octanol–water partition coefficient (Wildman–Crippen LogP) is 2.64. The fraction of sp³-hybridized carbons (Fsp3) is 0.353. The van der Waals surface area contributed by atoms with Gasteiger partial charge in [-0.1, -0.05) is 13.0 Å². The topological polar surface area (TPSA) is 58.1 Å². The lowest BCUT2D eigenvalue weighted by atomic mass is 10.2. The fourth-order valence-corrected chi connectivity index (χ4v) is 2.17. The van der Waals surface area contributed by atoms with Crippen LogP contribution in [0.4, 0.5) is 4.79 Å². The molecule has 2 aromatic rings. The minimum atomic E-state index is -0.0328. The number of hydrogen-bond donors (Lipinski definition) is 1. The number of nitrogens with one attached hydrogen (secondary N) is 1. The van der Waals surface area contributed by atoms with E-state index in [1.165, 1.54) is 0 Å². The summed E-state index contributed by atoms with van der Waals surface area (Å²) in [6.45, 7) is 4.01. The summed E-state index contributed by atoms with van der Waals surface area (Å²) in [6, 6.07) is 9.62. The molecule has 1 N–H and O–H groups in total. The largest absolute Gasteiger partial charge is 0.334 e. The van der Waals surface area contributed by atoms with Crippen LogP contribution in [0.15, 0.2) is 48.9 Å². The van der Waals surface area contributed by atoms with Gasteiger partial charge in [0, 0.05) is 50.3 Å². The summed E-state index contributed by atoms with van der Waals surface area (Å²) < 4.78 is 0. The molecule has 2 aromatic heterocycles. The fourth-order valence-electron chi connectivity index (χ4n) is 2.17. The summed E-state index contributed by atoms with van der Waals surface area (Å²) in [6.07, 6.45) is 6.94. The molecule has 2 amide bonds. The predicted molar refractivity (Wildman–Crippen MR) is 86.3 cm³/mol. The zero-order valence-corrected chi connectivity index (χ0v) is 12.9. The molecule has 0 radical (unpaired) electrons. The molecule has 5 heteroatoms. The second-order valence-electron chi connectivity index (χ2n) is 5.07. The highest BCUT2D eigenvalue weighted by atomic mass is 16.2. The summed E-state index contributed by atoms with van der Waals surface area (Å²) in [5, 5.41) is 2.96. The van der Waals surface area contributed by atoms with Crippen LogP contribution in [0.5, 0.6) is 0 Å². The van der Waals surface area contributed by atoms with Gasteiger partial charge in [-0.25, -0.2) is 4.79 Å². The Morgan fingerprint density at radius 3 is 2.64 bits per heavy atom. The molecule has 0 aliphatic carbocycles. The van der Waals surface area contributed by atoms with Gasteiger partial charge >= 0.3 is 6.03 Å². The van der Waals surface area contributed by atoms with Crippen molar-refractivity contribution in [2.24, 2.45) is 0 Å². The Hall–Kier alpha value is -2.43. The van der Waals surface area contributed by atoms with Crippen LogP contribution in [-0.4, -0.2) is 34.0 Å². The number of hydrogen-bond acceptors (Lipinski definition) is 3. The van der Waals surface area contributed by atoms with Gasteiger partial charge in [0.1, 0.15) is 0 Å². The molecule has 0 aliphatic heterocycles. The maximum atomic E-state index is 12.3. The second kappa shape index (κ2) is 8.77. The summed E-state index contributed by atoms with van der Waals surface area (Å²) in [5.74, 6) is 0. The van der Waals surface area contributed by atoms with Crippen molar-refractivity contribution in [3.8, 4) is 0 Å². The minimum absolute atomic E-state index is 0.0328. The molecule has 0 aromatic carbocycles. The summed E-state index contributed by atoms with van der Waals surface area (Å²) in [7, 11) is 0. The van der Waals surface area contributed by atoms with E-state index in [-0.39, 0.29) is 6.03 Å². The van der Waals surface area contributed by atoms with Gasteiger partial charge in [0.2, 0.25) is 0 Å². The molecule has 0 spiro atoms. The normalized spacial score (nSPS) is 10.2. The van der Waals surface area contributed by atoms with Gasteiger partial charge in [-0.2, -0.15) is 0 Å². The number of carbonyl (C=O) groups is 1. The zero-order valence-electron chi connectivity index (χ0n) is 12.9. The number of carbonyl (C=O) groups excluding carboxylic acids is 1. The minimum Gasteiger partial charge on any atom is -0.334 e. The Bertz CT molecular complexity index is 559. The lowest BCUT2D eigenvalue weighted by Gasteiger charge is -2.22. The number of aromatic nitrogens is 2. The molecule has 2 rings (SSSR count). The molecule has 0 bridgehead atoms. The maximum Gasteiger partial charge on any atom is 0.317 e. The Morgan fingerprint density at radius 1 is 1.14 bits per heavy atom. The molecule has 0 fully saturated rings. The van der Waals surface area contributed by atoms with Crippen molar-refractivity contribution in [1.82, 2.24) is 20.2 Å². The Balaban J connectivity index is 1.85. The van der Waals surface area contributed by atoms with Crippen LogP contribution in [-0.2, 0) is 13.0 Å². The van der Waals surface area contributed by atoms with Crippen molar-refractivity contribution in [2.75, 3.05) is 13.1 Å². The van der Waals surface area contributed by atoms with Crippen LogP contribution >= 0.6 is 0 Å². The average molecular weight is 298 g/mol. The molecule has 0 saturated heterocycles. The van der Waals surface area contributed by atoms with Gasteiger partial charge < -0.3 is 10.2 Å². The van der Waals surface area contributed by atoms with Crippen LogP contribution in [0.2, 0.25) is 0 Å². The van der Waals surface area contributed by atoms with E-state index in [4.69, 9.17) is 0 Å². The van der Waals surface area contributed by atoms with E-state index in [9.17, 15) is 4.79 Å². The van der Waals surface area contributed by atoms with E-state index in [0.29, 0.717) is 13.1 Å². The molecule has 0 saturated carbocycles. The highest BCUT2D eigenvalue weighted by molar-refractivity contribution is 5.74. The average Bonchev–Trinajstić information content (AvgIpc) is 2.58. The van der Waals surface area contributed by atoms with E-state index in [2.05, 4.69) is 22.2 Å². The highest BCUT2D eigenvalue weighted by Gasteiger charge is 2.12. The third-order valence-corrected chi connectivity index (χ3v) is 3.34.